The summed E-state index contributed by atoms with van der Waals surface area (Å²) in [5.74, 6) is -4.91. The molecule has 0 radical (unpaired) electrons. The van der Waals surface area contributed by atoms with Crippen LogP contribution < -0.4 is 62.3 Å². The number of hydrogen-bond acceptors (Lipinski definition) is 27. The molecule has 2 unspecified atom stereocenters. The summed E-state index contributed by atoms with van der Waals surface area (Å²) in [5.41, 5.74) is 2.82. The summed E-state index contributed by atoms with van der Waals surface area (Å²) in [6, 6.07) is 21.8. The molecule has 4 heterocycles. The Morgan fingerprint density at radius 3 is 0.971 bits per heavy atom. The fraction of sp³-hybridized carbons (Fsp3) is 0.423. The van der Waals surface area contributed by atoms with Crippen molar-refractivity contribution in [3.63, 3.8) is 0 Å². The van der Waals surface area contributed by atoms with E-state index in [1.165, 1.54) is 60.7 Å². The van der Waals surface area contributed by atoms with Crippen molar-refractivity contribution in [2.75, 3.05) is 132 Å². The van der Waals surface area contributed by atoms with E-state index in [0.717, 1.165) is 30.7 Å². The average molecular weight is 1480 g/mol. The summed E-state index contributed by atoms with van der Waals surface area (Å²) in [5, 5.41) is 47.5. The Morgan fingerprint density at radius 1 is 0.413 bits per heavy atom. The zero-order valence-electron chi connectivity index (χ0n) is 57.4. The zero-order chi connectivity index (χ0) is 74.1. The maximum absolute atomic E-state index is 13.0. The van der Waals surface area contributed by atoms with Crippen LogP contribution in [-0.2, 0) is 33.2 Å². The van der Waals surface area contributed by atoms with E-state index in [4.69, 9.17) is 85.7 Å². The molecule has 0 bridgehead atoms. The lowest BCUT2D eigenvalue weighted by atomic mass is 10.2. The predicted molar refractivity (Wildman–Crippen MR) is 376 cm³/mol. The quantitative estimate of drug-likeness (QED) is 0.0207. The predicted octanol–water partition coefficient (Wildman–Crippen LogP) is 5.86. The lowest BCUT2D eigenvalue weighted by molar-refractivity contribution is 0.0136. The molecule has 0 aliphatic carbocycles. The van der Waals surface area contributed by atoms with Gasteiger partial charge in [0.25, 0.3) is 11.8 Å². The minimum atomic E-state index is -1.39. The topological polar surface area (TPSA) is 451 Å². The van der Waals surface area contributed by atoms with E-state index >= 15 is 0 Å². The van der Waals surface area contributed by atoms with Gasteiger partial charge in [0, 0.05) is 70.3 Å². The van der Waals surface area contributed by atoms with Crippen molar-refractivity contribution in [1.29, 1.82) is 0 Å². The van der Waals surface area contributed by atoms with Crippen LogP contribution in [0, 0.1) is 0 Å². The van der Waals surface area contributed by atoms with Crippen LogP contribution in [0.5, 0.6) is 23.0 Å². The SMILES string of the molecule is CC(C)(C)OC(=O)NCCCOCCOCCOCCCNC(=O)c1cc(=O)c2c(OCC(O)COc3cccc4oc(C(=O)O)cc(=O)c34)cccc2o1.Cl.NCCCOCCOCCOCCCNC(=O)c1cc(=O)c2c(OCC(O)COc3cccc4oc(C(=O)O)cc(=O)c34)cccc2o1. The van der Waals surface area contributed by atoms with Gasteiger partial charge in [0.05, 0.1) is 52.9 Å². The zero-order valence-corrected chi connectivity index (χ0v) is 58.3. The van der Waals surface area contributed by atoms with E-state index in [0.29, 0.717) is 118 Å². The van der Waals surface area contributed by atoms with E-state index in [-0.39, 0.29) is 124 Å². The second-order valence-corrected chi connectivity index (χ2v) is 23.4. The molecule has 9 N–H and O–H groups in total. The number of aliphatic hydroxyl groups is 2. The Labute approximate surface area is 599 Å². The molecule has 3 amide bonds. The van der Waals surface area contributed by atoms with Gasteiger partial charge < -0.3 is 112 Å². The van der Waals surface area contributed by atoms with Gasteiger partial charge >= 0.3 is 18.0 Å². The van der Waals surface area contributed by atoms with Crippen LogP contribution in [0.3, 0.4) is 0 Å². The van der Waals surface area contributed by atoms with Crippen molar-refractivity contribution < 1.29 is 114 Å². The molecule has 4 aromatic heterocycles. The number of amides is 3. The minimum absolute atomic E-state index is 0. The van der Waals surface area contributed by atoms with E-state index in [1.54, 1.807) is 32.9 Å². The molecule has 32 nitrogen and oxygen atoms in total. The third-order valence-electron chi connectivity index (χ3n) is 14.1. The van der Waals surface area contributed by atoms with Crippen molar-refractivity contribution in [2.45, 2.75) is 64.3 Å². The molecule has 0 aliphatic heterocycles. The third-order valence-corrected chi connectivity index (χ3v) is 14.1. The highest BCUT2D eigenvalue weighted by Gasteiger charge is 2.22. The summed E-state index contributed by atoms with van der Waals surface area (Å²) < 4.78 is 82.3. The van der Waals surface area contributed by atoms with Crippen LogP contribution in [0.1, 0.15) is 88.7 Å². The van der Waals surface area contributed by atoms with Gasteiger partial charge in [-0.25, -0.2) is 14.4 Å². The van der Waals surface area contributed by atoms with Crippen molar-refractivity contribution in [3.05, 3.63) is 161 Å². The smallest absolute Gasteiger partial charge is 0.407 e. The molecule has 564 valence electrons. The average Bonchev–Trinajstić information content (AvgIpc) is 0.815. The van der Waals surface area contributed by atoms with Crippen LogP contribution in [0.25, 0.3) is 43.9 Å². The molecule has 4 aromatic carbocycles. The van der Waals surface area contributed by atoms with Gasteiger partial charge in [-0.1, -0.05) is 24.3 Å². The van der Waals surface area contributed by atoms with Gasteiger partial charge in [-0.15, -0.1) is 12.4 Å². The number of halogens is 1. The van der Waals surface area contributed by atoms with Crippen molar-refractivity contribution in [1.82, 2.24) is 16.0 Å². The fourth-order valence-corrected chi connectivity index (χ4v) is 9.34. The van der Waals surface area contributed by atoms with Gasteiger partial charge in [0.1, 0.15) is 111 Å². The first kappa shape index (κ1) is 83.0. The first-order valence-electron chi connectivity index (χ1n) is 32.9. The maximum Gasteiger partial charge on any atom is 0.407 e. The van der Waals surface area contributed by atoms with Crippen molar-refractivity contribution >= 4 is 86.1 Å². The van der Waals surface area contributed by atoms with E-state index in [9.17, 15) is 53.4 Å². The number of aromatic carboxylic acids is 2. The number of fused-ring (bicyclic) bond motifs is 4. The lowest BCUT2D eigenvalue weighted by Crippen LogP contribution is -2.33. The molecule has 0 saturated heterocycles. The molecule has 104 heavy (non-hydrogen) atoms. The number of ether oxygens (including phenoxy) is 11. The maximum atomic E-state index is 13.0. The Morgan fingerprint density at radius 2 is 0.683 bits per heavy atom. The molecule has 0 fully saturated rings. The number of carboxylic acid groups (broad SMARTS) is 2. The van der Waals surface area contributed by atoms with E-state index < -0.39 is 80.9 Å². The summed E-state index contributed by atoms with van der Waals surface area (Å²) in [4.78, 5) is 110. The molecule has 8 rings (SSSR count). The van der Waals surface area contributed by atoms with Crippen LogP contribution in [0.2, 0.25) is 0 Å². The lowest BCUT2D eigenvalue weighted by Gasteiger charge is -2.19. The fourth-order valence-electron chi connectivity index (χ4n) is 9.34. The summed E-state index contributed by atoms with van der Waals surface area (Å²) in [6.45, 7) is 11.0. The normalized spacial score (nSPS) is 11.8. The molecule has 2 atom stereocenters. The molecular weight excluding hydrogens is 1390 g/mol. The number of nitrogens with one attached hydrogen (secondary N) is 3. The third kappa shape index (κ3) is 27.0. The number of aliphatic hydroxyl groups excluding tert-OH is 2. The second kappa shape index (κ2) is 43.2. The monoisotopic (exact) mass is 1480 g/mol. The number of carboxylic acids is 2. The number of benzene rings is 4. The Balaban J connectivity index is 0.000000326. The summed E-state index contributed by atoms with van der Waals surface area (Å²) >= 11 is 0. The van der Waals surface area contributed by atoms with Gasteiger partial charge in [0.2, 0.25) is 11.5 Å². The highest BCUT2D eigenvalue weighted by atomic mass is 35.5. The summed E-state index contributed by atoms with van der Waals surface area (Å²) in [7, 11) is 0. The first-order valence-corrected chi connectivity index (χ1v) is 32.9. The molecule has 0 aliphatic rings. The number of carbonyl (C=O) groups excluding carboxylic acids is 3. The van der Waals surface area contributed by atoms with Gasteiger partial charge in [-0.2, -0.15) is 0 Å². The van der Waals surface area contributed by atoms with E-state index in [1.807, 2.05) is 0 Å². The molecule has 33 heteroatoms. The van der Waals surface area contributed by atoms with Crippen molar-refractivity contribution in [3.8, 4) is 23.0 Å². The van der Waals surface area contributed by atoms with Gasteiger partial charge in [-0.05, 0) is 102 Å². The molecule has 0 spiro atoms. The van der Waals surface area contributed by atoms with E-state index in [2.05, 4.69) is 16.0 Å². The Hall–Kier alpha value is -10.0. The van der Waals surface area contributed by atoms with Gasteiger partial charge in [0.15, 0.2) is 33.2 Å². The van der Waals surface area contributed by atoms with Crippen LogP contribution >= 0.6 is 12.4 Å². The largest absolute Gasteiger partial charge is 0.490 e. The number of nitrogens with two attached hydrogens (primary N) is 1. The van der Waals surface area contributed by atoms with Crippen LogP contribution in [-0.4, -0.2) is 200 Å². The van der Waals surface area contributed by atoms with Crippen LogP contribution in [0.15, 0.2) is 134 Å². The number of rotatable bonds is 43. The second-order valence-electron chi connectivity index (χ2n) is 23.4. The minimum Gasteiger partial charge on any atom is -0.490 e. The van der Waals surface area contributed by atoms with Gasteiger partial charge in [-0.3, -0.25) is 28.8 Å². The van der Waals surface area contributed by atoms with Crippen molar-refractivity contribution in [2.24, 2.45) is 5.73 Å². The standard InChI is InChI=1S/C38H46N2O15.C33H38N2O13.ClH/c1-38(2,3)55-37(47)40-13-7-15-49-17-19-50-18-16-48-14-6-12-39-35(44)31-20-25(42)33-27(8-4-10-29(33)53-31)51-22-24(41)23-52-28-9-5-11-30-34(28)26(43)21-32(54-30)36(45)46;34-9-3-11-42-13-15-44-16-14-43-12-4-10-35-32(39)28-17-22(37)30-24(5-1-7-26(30)47-28)45-19-21(36)20-46-25-6-2-8-27-31(25)23(38)18-29(48-27)33(40)41;/h4-5,8-11,20-21,24,41H,6-7,12-19,22-23H2,1-3H3,(H,39,44)(H,40,47)(H,45,46);1-2,5-8,17-18,21,36H,3-4,9-16,19-20,34H2,(H,35,39)(H,40,41);1H. The first-order chi connectivity index (χ1) is 49.6. The van der Waals surface area contributed by atoms with Crippen LogP contribution in [0.4, 0.5) is 4.79 Å². The Kier molecular flexibility index (Phi) is 34.4. The molecule has 8 aromatic rings. The Bertz CT molecular complexity index is 4360. The molecular formula is C71H85ClN4O28. The number of alkyl carbamates (subject to hydrolysis) is 1. The molecule has 0 saturated carbocycles. The summed E-state index contributed by atoms with van der Waals surface area (Å²) in [6.07, 6.45) is -0.352. The number of carbonyl (C=O) groups is 5. The highest BCUT2D eigenvalue weighted by Crippen LogP contribution is 2.28. The highest BCUT2D eigenvalue weighted by molar-refractivity contribution is 5.95. The number of hydrogen-bond donors (Lipinski definition) is 8.